The third-order valence-corrected chi connectivity index (χ3v) is 4.34. The lowest BCUT2D eigenvalue weighted by molar-refractivity contribution is 0.0964. The first-order chi connectivity index (χ1) is 12.4. The summed E-state index contributed by atoms with van der Waals surface area (Å²) in [7, 11) is 0. The molecule has 0 bridgehead atoms. The van der Waals surface area contributed by atoms with E-state index in [9.17, 15) is 18.8 Å². The Morgan fingerprint density at radius 2 is 1.96 bits per heavy atom. The molecule has 0 saturated carbocycles. The highest BCUT2D eigenvalue weighted by Gasteiger charge is 2.20. The number of fused-ring (bicyclic) bond motifs is 2. The minimum Gasteiger partial charge on any atom is -0.348 e. The van der Waals surface area contributed by atoms with Gasteiger partial charge in [-0.15, -0.1) is 0 Å². The van der Waals surface area contributed by atoms with E-state index in [0.717, 1.165) is 11.6 Å². The van der Waals surface area contributed by atoms with E-state index in [0.29, 0.717) is 28.7 Å². The Balaban J connectivity index is 1.76. The number of pyridine rings is 1. The molecule has 0 aliphatic carbocycles. The van der Waals surface area contributed by atoms with E-state index >= 15 is 0 Å². The van der Waals surface area contributed by atoms with E-state index < -0.39 is 17.3 Å². The highest BCUT2D eigenvalue weighted by molar-refractivity contribution is 6.12. The summed E-state index contributed by atoms with van der Waals surface area (Å²) in [5.74, 6) is -1.35. The van der Waals surface area contributed by atoms with Gasteiger partial charge in [0.1, 0.15) is 5.82 Å². The van der Waals surface area contributed by atoms with Crippen molar-refractivity contribution in [2.45, 2.75) is 13.5 Å². The summed E-state index contributed by atoms with van der Waals surface area (Å²) in [6, 6.07) is 9.08. The minimum atomic E-state index is -0.596. The second-order valence-corrected chi connectivity index (χ2v) is 6.23. The number of hydrogen-bond acceptors (Lipinski definition) is 3. The number of amides is 2. The number of benzene rings is 2. The van der Waals surface area contributed by atoms with Crippen molar-refractivity contribution < 1.29 is 14.0 Å². The molecule has 1 aromatic heterocycles. The molecule has 4 rings (SSSR count). The Morgan fingerprint density at radius 1 is 1.15 bits per heavy atom. The number of nitrogens with one attached hydrogen (secondary N) is 3. The van der Waals surface area contributed by atoms with Crippen LogP contribution in [0.4, 0.5) is 10.1 Å². The first kappa shape index (κ1) is 16.0. The third-order valence-electron chi connectivity index (χ3n) is 4.34. The molecular formula is C19H14FN3O3. The SMILES string of the molecule is Cc1cc(F)c2[nH]c(=O)cc(C(=O)Nc3ccc4c(c3)C(=O)NC4)c2c1. The van der Waals surface area contributed by atoms with E-state index in [1.54, 1.807) is 31.2 Å². The maximum atomic E-state index is 14.1. The first-order valence-corrected chi connectivity index (χ1v) is 7.98. The molecule has 3 N–H and O–H groups in total. The van der Waals surface area contributed by atoms with Gasteiger partial charge in [0.15, 0.2) is 0 Å². The Kier molecular flexibility index (Phi) is 3.57. The van der Waals surface area contributed by atoms with E-state index in [1.807, 2.05) is 0 Å². The van der Waals surface area contributed by atoms with Crippen molar-refractivity contribution in [3.05, 3.63) is 74.8 Å². The Labute approximate surface area is 147 Å². The molecule has 0 spiro atoms. The Hall–Kier alpha value is -3.48. The molecule has 6 nitrogen and oxygen atoms in total. The predicted molar refractivity (Wildman–Crippen MR) is 94.8 cm³/mol. The summed E-state index contributed by atoms with van der Waals surface area (Å²) >= 11 is 0. The van der Waals surface area contributed by atoms with Crippen molar-refractivity contribution in [1.82, 2.24) is 10.3 Å². The number of rotatable bonds is 2. The summed E-state index contributed by atoms with van der Waals surface area (Å²) < 4.78 is 14.1. The summed E-state index contributed by atoms with van der Waals surface area (Å²) in [6.45, 7) is 2.16. The molecule has 26 heavy (non-hydrogen) atoms. The second-order valence-electron chi connectivity index (χ2n) is 6.23. The number of aryl methyl sites for hydroxylation is 1. The standard InChI is InChI=1S/C19H14FN3O3/c1-9-4-13-14(7-16(24)23-17(13)15(20)5-9)19(26)22-11-3-2-10-8-21-18(25)12(10)6-11/h2-7H,8H2,1H3,(H,21,25)(H,22,26)(H,23,24). The molecule has 1 aliphatic heterocycles. The molecule has 2 heterocycles. The van der Waals surface area contributed by atoms with Crippen LogP contribution in [0.1, 0.15) is 31.8 Å². The number of hydrogen-bond donors (Lipinski definition) is 3. The number of halogens is 1. The van der Waals surface area contributed by atoms with E-state index in [-0.39, 0.29) is 17.0 Å². The van der Waals surface area contributed by atoms with Gasteiger partial charge in [-0.1, -0.05) is 6.07 Å². The van der Waals surface area contributed by atoms with Gasteiger partial charge < -0.3 is 15.6 Å². The topological polar surface area (TPSA) is 91.1 Å². The zero-order chi connectivity index (χ0) is 18.4. The van der Waals surface area contributed by atoms with Crippen molar-refractivity contribution in [3.8, 4) is 0 Å². The smallest absolute Gasteiger partial charge is 0.256 e. The Bertz CT molecular complexity index is 1150. The molecule has 130 valence electrons. The van der Waals surface area contributed by atoms with Crippen LogP contribution in [0.25, 0.3) is 10.9 Å². The van der Waals surface area contributed by atoms with Crippen LogP contribution in [0.2, 0.25) is 0 Å². The summed E-state index contributed by atoms with van der Waals surface area (Å²) in [6.07, 6.45) is 0. The van der Waals surface area contributed by atoms with Crippen molar-refractivity contribution in [2.24, 2.45) is 0 Å². The van der Waals surface area contributed by atoms with E-state index in [2.05, 4.69) is 15.6 Å². The van der Waals surface area contributed by atoms with Crippen LogP contribution < -0.4 is 16.2 Å². The summed E-state index contributed by atoms with van der Waals surface area (Å²) in [4.78, 5) is 38.7. The van der Waals surface area contributed by atoms with Crippen molar-refractivity contribution >= 4 is 28.4 Å². The van der Waals surface area contributed by atoms with Crippen molar-refractivity contribution in [3.63, 3.8) is 0 Å². The van der Waals surface area contributed by atoms with Gasteiger partial charge in [0.25, 0.3) is 11.8 Å². The molecule has 3 aromatic rings. The van der Waals surface area contributed by atoms with Gasteiger partial charge in [-0.2, -0.15) is 0 Å². The second kappa shape index (κ2) is 5.80. The lowest BCUT2D eigenvalue weighted by atomic mass is 10.0. The number of carbonyl (C=O) groups is 2. The fourth-order valence-corrected chi connectivity index (χ4v) is 3.13. The lowest BCUT2D eigenvalue weighted by Gasteiger charge is -2.10. The Morgan fingerprint density at radius 3 is 2.77 bits per heavy atom. The zero-order valence-electron chi connectivity index (χ0n) is 13.8. The van der Waals surface area contributed by atoms with Crippen LogP contribution in [0.15, 0.2) is 41.2 Å². The fraction of sp³-hybridized carbons (Fsp3) is 0.105. The quantitative estimate of drug-likeness (QED) is 0.662. The molecular weight excluding hydrogens is 337 g/mol. The average molecular weight is 351 g/mol. The van der Waals surface area contributed by atoms with E-state index in [4.69, 9.17) is 0 Å². The van der Waals surface area contributed by atoms with Crippen LogP contribution in [0, 0.1) is 12.7 Å². The number of anilines is 1. The van der Waals surface area contributed by atoms with Crippen LogP contribution in [-0.2, 0) is 6.54 Å². The molecule has 2 aromatic carbocycles. The fourth-order valence-electron chi connectivity index (χ4n) is 3.13. The van der Waals surface area contributed by atoms with Gasteiger partial charge in [0, 0.05) is 29.2 Å². The van der Waals surface area contributed by atoms with Gasteiger partial charge in [-0.25, -0.2) is 4.39 Å². The van der Waals surface area contributed by atoms with Gasteiger partial charge in [0.05, 0.1) is 11.1 Å². The predicted octanol–water partition coefficient (Wildman–Crippen LogP) is 2.47. The van der Waals surface area contributed by atoms with Crippen LogP contribution in [0.3, 0.4) is 0 Å². The largest absolute Gasteiger partial charge is 0.348 e. The zero-order valence-corrected chi connectivity index (χ0v) is 13.8. The van der Waals surface area contributed by atoms with E-state index in [1.165, 1.54) is 6.07 Å². The van der Waals surface area contributed by atoms with Gasteiger partial charge in [-0.05, 0) is 42.3 Å². The molecule has 0 atom stereocenters. The van der Waals surface area contributed by atoms with Crippen LogP contribution >= 0.6 is 0 Å². The molecule has 2 amide bonds. The summed E-state index contributed by atoms with van der Waals surface area (Å²) in [5.41, 5.74) is 1.89. The first-order valence-electron chi connectivity index (χ1n) is 7.98. The molecule has 1 aliphatic rings. The van der Waals surface area contributed by atoms with Crippen molar-refractivity contribution in [2.75, 3.05) is 5.32 Å². The van der Waals surface area contributed by atoms with Gasteiger partial charge >= 0.3 is 0 Å². The molecule has 0 radical (unpaired) electrons. The minimum absolute atomic E-state index is 0.0124. The lowest BCUT2D eigenvalue weighted by Crippen LogP contribution is -2.17. The number of H-pyrrole nitrogens is 1. The molecule has 0 unspecified atom stereocenters. The molecule has 0 fully saturated rings. The monoisotopic (exact) mass is 351 g/mol. The highest BCUT2D eigenvalue weighted by atomic mass is 19.1. The highest BCUT2D eigenvalue weighted by Crippen LogP contribution is 2.23. The van der Waals surface area contributed by atoms with Crippen LogP contribution in [-0.4, -0.2) is 16.8 Å². The number of carbonyl (C=O) groups excluding carboxylic acids is 2. The number of aromatic nitrogens is 1. The average Bonchev–Trinajstić information content (AvgIpc) is 2.96. The van der Waals surface area contributed by atoms with Crippen molar-refractivity contribution in [1.29, 1.82) is 0 Å². The van der Waals surface area contributed by atoms with Gasteiger partial charge in [-0.3, -0.25) is 14.4 Å². The third kappa shape index (κ3) is 2.63. The maximum Gasteiger partial charge on any atom is 0.256 e. The van der Waals surface area contributed by atoms with Crippen LogP contribution in [0.5, 0.6) is 0 Å². The maximum absolute atomic E-state index is 14.1. The normalized spacial score (nSPS) is 12.8. The number of aromatic amines is 1. The van der Waals surface area contributed by atoms with Gasteiger partial charge in [0.2, 0.25) is 5.56 Å². The molecule has 0 saturated heterocycles. The molecule has 7 heteroatoms. The summed E-state index contributed by atoms with van der Waals surface area (Å²) in [5, 5.41) is 5.69.